The number of rotatable bonds is 2. The van der Waals surface area contributed by atoms with Crippen LogP contribution in [0.2, 0.25) is 0 Å². The van der Waals surface area contributed by atoms with Crippen LogP contribution in [0.1, 0.15) is 12.8 Å². The van der Waals surface area contributed by atoms with E-state index in [4.69, 9.17) is 0 Å². The highest BCUT2D eigenvalue weighted by Gasteiger charge is 2.51. The highest BCUT2D eigenvalue weighted by Crippen LogP contribution is 2.40. The Hall–Kier alpha value is -1.57. The topological polar surface area (TPSA) is 72.2 Å². The average Bonchev–Trinajstić information content (AvgIpc) is 2.90. The summed E-state index contributed by atoms with van der Waals surface area (Å²) >= 11 is 3.19. The molecule has 0 saturated heterocycles. The zero-order valence-electron chi connectivity index (χ0n) is 8.52. The molecule has 1 aliphatic rings. The van der Waals surface area contributed by atoms with Gasteiger partial charge in [-0.25, -0.2) is 4.39 Å². The summed E-state index contributed by atoms with van der Waals surface area (Å²) in [5.74, 6) is -0.628. The lowest BCUT2D eigenvalue weighted by atomic mass is 10.3. The Kier molecular flexibility index (Phi) is 2.15. The summed E-state index contributed by atoms with van der Waals surface area (Å²) in [4.78, 5) is 15.4. The number of halogens is 2. The van der Waals surface area contributed by atoms with E-state index in [1.54, 1.807) is 12.1 Å². The second kappa shape index (κ2) is 3.46. The summed E-state index contributed by atoms with van der Waals surface area (Å²) in [6.07, 6.45) is 0.520. The molecule has 0 spiro atoms. The first-order chi connectivity index (χ1) is 8.07. The van der Waals surface area contributed by atoms with Gasteiger partial charge in [0.25, 0.3) is 11.9 Å². The number of carbonyl (C=O) groups excluding carboxylic acids is 1. The molecule has 1 amide bonds. The van der Waals surface area contributed by atoms with Gasteiger partial charge in [-0.1, -0.05) is 0 Å². The Morgan fingerprint density at radius 1 is 1.47 bits per heavy atom. The SMILES string of the molecule is O=C(Nc1nc2ccc(Br)nn2n1)C1(F)CC1. The molecule has 1 saturated carbocycles. The molecule has 2 aromatic heterocycles. The number of fused-ring (bicyclic) bond motifs is 1. The summed E-state index contributed by atoms with van der Waals surface area (Å²) in [5, 5.41) is 10.3. The molecule has 6 nitrogen and oxygen atoms in total. The Morgan fingerprint density at radius 2 is 2.24 bits per heavy atom. The molecule has 1 fully saturated rings. The smallest absolute Gasteiger partial charge is 0.264 e. The number of amides is 1. The molecule has 0 bridgehead atoms. The van der Waals surface area contributed by atoms with Gasteiger partial charge in [-0.2, -0.15) is 4.98 Å². The van der Waals surface area contributed by atoms with Crippen LogP contribution in [-0.4, -0.2) is 31.4 Å². The molecule has 17 heavy (non-hydrogen) atoms. The molecule has 3 rings (SSSR count). The maximum atomic E-state index is 13.4. The van der Waals surface area contributed by atoms with Crippen molar-refractivity contribution < 1.29 is 9.18 Å². The maximum absolute atomic E-state index is 13.4. The number of hydrogen-bond donors (Lipinski definition) is 1. The average molecular weight is 300 g/mol. The second-order valence-corrected chi connectivity index (χ2v) is 4.67. The van der Waals surface area contributed by atoms with Crippen LogP contribution in [0.25, 0.3) is 5.65 Å². The van der Waals surface area contributed by atoms with E-state index in [9.17, 15) is 9.18 Å². The van der Waals surface area contributed by atoms with Gasteiger partial charge in [0, 0.05) is 0 Å². The molecule has 1 aliphatic carbocycles. The van der Waals surface area contributed by atoms with Crippen molar-refractivity contribution in [1.82, 2.24) is 19.8 Å². The molecule has 0 aromatic carbocycles. The first-order valence-corrected chi connectivity index (χ1v) is 5.76. The Morgan fingerprint density at radius 3 is 2.94 bits per heavy atom. The maximum Gasteiger partial charge on any atom is 0.264 e. The number of nitrogens with one attached hydrogen (secondary N) is 1. The van der Waals surface area contributed by atoms with Gasteiger partial charge in [0.05, 0.1) is 0 Å². The van der Waals surface area contributed by atoms with Gasteiger partial charge in [-0.3, -0.25) is 10.1 Å². The predicted octanol–water partition coefficient (Wildman–Crippen LogP) is 1.33. The van der Waals surface area contributed by atoms with E-state index in [1.807, 2.05) is 0 Å². The third-order valence-electron chi connectivity index (χ3n) is 2.50. The van der Waals surface area contributed by atoms with Crippen molar-refractivity contribution in [2.75, 3.05) is 5.32 Å². The molecule has 0 unspecified atom stereocenters. The monoisotopic (exact) mass is 299 g/mol. The standard InChI is InChI=1S/C9H7BrFN5O/c10-5-1-2-6-12-8(15-16(6)14-5)13-7(17)9(11)3-4-9/h1-2H,3-4H2,(H,13,15,17). The summed E-state index contributed by atoms with van der Waals surface area (Å²) in [5.41, 5.74) is -1.25. The van der Waals surface area contributed by atoms with Gasteiger partial charge in [0.15, 0.2) is 11.3 Å². The summed E-state index contributed by atoms with van der Waals surface area (Å²) in [7, 11) is 0. The molecule has 8 heteroatoms. The number of aromatic nitrogens is 4. The minimum atomic E-state index is -1.73. The number of alkyl halides is 1. The molecule has 1 N–H and O–H groups in total. The van der Waals surface area contributed by atoms with Crippen LogP contribution in [0.4, 0.5) is 10.3 Å². The Labute approximate surface area is 103 Å². The molecular formula is C9H7BrFN5O. The molecular weight excluding hydrogens is 293 g/mol. The summed E-state index contributed by atoms with van der Waals surface area (Å²) in [6.45, 7) is 0. The number of nitrogens with zero attached hydrogens (tertiary/aromatic N) is 4. The van der Waals surface area contributed by atoms with Gasteiger partial charge >= 0.3 is 0 Å². The lowest BCUT2D eigenvalue weighted by molar-refractivity contribution is -0.122. The largest absolute Gasteiger partial charge is 0.290 e. The van der Waals surface area contributed by atoms with Crippen LogP contribution >= 0.6 is 15.9 Å². The van der Waals surface area contributed by atoms with Crippen molar-refractivity contribution >= 4 is 33.4 Å². The molecule has 0 atom stereocenters. The first-order valence-electron chi connectivity index (χ1n) is 4.97. The molecule has 2 heterocycles. The van der Waals surface area contributed by atoms with Crippen LogP contribution in [0.5, 0.6) is 0 Å². The van der Waals surface area contributed by atoms with Crippen molar-refractivity contribution in [3.8, 4) is 0 Å². The first kappa shape index (κ1) is 10.6. The van der Waals surface area contributed by atoms with Crippen LogP contribution in [-0.2, 0) is 4.79 Å². The van der Waals surface area contributed by atoms with Gasteiger partial charge in [-0.15, -0.1) is 14.8 Å². The van der Waals surface area contributed by atoms with Gasteiger partial charge in [0.1, 0.15) is 4.60 Å². The van der Waals surface area contributed by atoms with Crippen LogP contribution in [0.3, 0.4) is 0 Å². The normalized spacial score (nSPS) is 17.1. The minimum Gasteiger partial charge on any atom is -0.290 e. The molecule has 0 aliphatic heterocycles. The predicted molar refractivity (Wildman–Crippen MR) is 60.2 cm³/mol. The van der Waals surface area contributed by atoms with E-state index in [0.29, 0.717) is 10.3 Å². The Bertz CT molecular complexity index is 608. The second-order valence-electron chi connectivity index (χ2n) is 3.86. The number of hydrogen-bond acceptors (Lipinski definition) is 4. The minimum absolute atomic E-state index is 0.0597. The van der Waals surface area contributed by atoms with Crippen molar-refractivity contribution in [2.45, 2.75) is 18.5 Å². The van der Waals surface area contributed by atoms with E-state index < -0.39 is 11.6 Å². The van der Waals surface area contributed by atoms with Gasteiger partial charge in [0.2, 0.25) is 0 Å². The Balaban J connectivity index is 1.88. The third-order valence-corrected chi connectivity index (χ3v) is 2.92. The van der Waals surface area contributed by atoms with Crippen LogP contribution in [0, 0.1) is 0 Å². The lowest BCUT2D eigenvalue weighted by Crippen LogP contribution is -2.26. The number of carbonyl (C=O) groups is 1. The van der Waals surface area contributed by atoms with Crippen molar-refractivity contribution in [3.05, 3.63) is 16.7 Å². The van der Waals surface area contributed by atoms with Crippen LogP contribution < -0.4 is 5.32 Å². The van der Waals surface area contributed by atoms with E-state index >= 15 is 0 Å². The molecule has 2 aromatic rings. The fourth-order valence-corrected chi connectivity index (χ4v) is 1.65. The van der Waals surface area contributed by atoms with E-state index in [-0.39, 0.29) is 18.8 Å². The number of anilines is 1. The third kappa shape index (κ3) is 1.88. The molecule has 0 radical (unpaired) electrons. The van der Waals surface area contributed by atoms with Crippen LogP contribution in [0.15, 0.2) is 16.7 Å². The zero-order valence-corrected chi connectivity index (χ0v) is 10.1. The highest BCUT2D eigenvalue weighted by atomic mass is 79.9. The van der Waals surface area contributed by atoms with Crippen molar-refractivity contribution in [1.29, 1.82) is 0 Å². The zero-order chi connectivity index (χ0) is 12.0. The summed E-state index contributed by atoms with van der Waals surface area (Å²) in [6, 6.07) is 3.38. The van der Waals surface area contributed by atoms with Gasteiger partial charge < -0.3 is 0 Å². The van der Waals surface area contributed by atoms with E-state index in [0.717, 1.165) is 0 Å². The summed E-state index contributed by atoms with van der Waals surface area (Å²) < 4.78 is 15.3. The molecule has 88 valence electrons. The fraction of sp³-hybridized carbons (Fsp3) is 0.333. The van der Waals surface area contributed by atoms with E-state index in [1.165, 1.54) is 4.63 Å². The van der Waals surface area contributed by atoms with E-state index in [2.05, 4.69) is 36.4 Å². The highest BCUT2D eigenvalue weighted by molar-refractivity contribution is 9.10. The lowest BCUT2D eigenvalue weighted by Gasteiger charge is -2.02. The quantitative estimate of drug-likeness (QED) is 0.908. The van der Waals surface area contributed by atoms with Crippen molar-refractivity contribution in [3.63, 3.8) is 0 Å². The fourth-order valence-electron chi connectivity index (χ4n) is 1.36. The van der Waals surface area contributed by atoms with Crippen molar-refractivity contribution in [2.24, 2.45) is 0 Å². The van der Waals surface area contributed by atoms with Gasteiger partial charge in [-0.05, 0) is 40.9 Å².